The molecule has 6 nitrogen and oxygen atoms in total. The van der Waals surface area contributed by atoms with E-state index in [1.54, 1.807) is 39.0 Å². The number of oxazole rings is 1. The van der Waals surface area contributed by atoms with Crippen LogP contribution in [0.1, 0.15) is 46.4 Å². The van der Waals surface area contributed by atoms with Crippen molar-refractivity contribution in [3.63, 3.8) is 0 Å². The van der Waals surface area contributed by atoms with Crippen molar-refractivity contribution in [2.75, 3.05) is 13.2 Å². The molecule has 0 saturated carbocycles. The van der Waals surface area contributed by atoms with Crippen molar-refractivity contribution in [2.45, 2.75) is 52.6 Å². The van der Waals surface area contributed by atoms with E-state index in [1.165, 1.54) is 0 Å². The molecule has 1 heterocycles. The molecule has 0 aliphatic carbocycles. The molecule has 27 heavy (non-hydrogen) atoms. The van der Waals surface area contributed by atoms with E-state index in [1.807, 2.05) is 0 Å². The molecular weight excluding hydrogens is 351 g/mol. The minimum absolute atomic E-state index is 0.00121. The van der Waals surface area contributed by atoms with Crippen LogP contribution in [0.5, 0.6) is 5.75 Å². The van der Waals surface area contributed by atoms with Crippen LogP contribution in [0.15, 0.2) is 34.5 Å². The maximum atomic E-state index is 13.1. The molecule has 0 bridgehead atoms. The van der Waals surface area contributed by atoms with Crippen molar-refractivity contribution in [1.82, 2.24) is 10.3 Å². The van der Waals surface area contributed by atoms with E-state index in [0.717, 1.165) is 19.3 Å². The van der Waals surface area contributed by atoms with Crippen LogP contribution in [0.2, 0.25) is 0 Å². The molecule has 0 saturated heterocycles. The van der Waals surface area contributed by atoms with Gasteiger partial charge in [0.05, 0.1) is 6.33 Å². The van der Waals surface area contributed by atoms with Gasteiger partial charge in [0.1, 0.15) is 23.5 Å². The van der Waals surface area contributed by atoms with Crippen molar-refractivity contribution in [3.05, 3.63) is 36.0 Å². The highest BCUT2D eigenvalue weighted by Crippen LogP contribution is 2.22. The average molecular weight is 378 g/mol. The summed E-state index contributed by atoms with van der Waals surface area (Å²) in [6, 6.07) is 5.28. The first kappa shape index (κ1) is 20.7. The van der Waals surface area contributed by atoms with Crippen molar-refractivity contribution >= 4 is 17.2 Å². The third-order valence-electron chi connectivity index (χ3n) is 3.58. The quantitative estimate of drug-likeness (QED) is 0.705. The van der Waals surface area contributed by atoms with Gasteiger partial charge in [0, 0.05) is 24.6 Å². The predicted molar refractivity (Wildman–Crippen MR) is 102 cm³/mol. The van der Waals surface area contributed by atoms with Gasteiger partial charge >= 0.3 is 6.09 Å². The van der Waals surface area contributed by atoms with Crippen molar-refractivity contribution in [1.29, 1.82) is 0 Å². The second-order valence-electron chi connectivity index (χ2n) is 7.25. The number of nitrogens with zero attached hydrogens (tertiary/aromatic N) is 1. The Bertz CT molecular complexity index is 793. The van der Waals surface area contributed by atoms with Gasteiger partial charge in [-0.3, -0.25) is 0 Å². The lowest BCUT2D eigenvalue weighted by molar-refractivity contribution is 0.0531. The molecule has 2 aromatic rings. The molecule has 2 rings (SSSR count). The standard InChI is InChI=1S/C20H27FN2O4/c1-5-6-7-18-23-16-10-15(8-9-17(16)26-18)25-13-14(11-21)12-22-19(24)27-20(2,3)4/h8-11H,5-7,12-13H2,1-4H3,(H,22,24)/b14-11-. The van der Waals surface area contributed by atoms with E-state index >= 15 is 0 Å². The number of unbranched alkanes of at least 4 members (excludes halogenated alkanes) is 1. The van der Waals surface area contributed by atoms with Crippen LogP contribution in [0.25, 0.3) is 11.1 Å². The smallest absolute Gasteiger partial charge is 0.407 e. The van der Waals surface area contributed by atoms with Crippen LogP contribution in [-0.2, 0) is 11.2 Å². The van der Waals surface area contributed by atoms with Crippen LogP contribution < -0.4 is 10.1 Å². The minimum atomic E-state index is -0.608. The number of fused-ring (bicyclic) bond motifs is 1. The van der Waals surface area contributed by atoms with Crippen molar-refractivity contribution in [3.8, 4) is 5.75 Å². The first-order chi connectivity index (χ1) is 12.8. The van der Waals surface area contributed by atoms with Crippen molar-refractivity contribution in [2.24, 2.45) is 0 Å². The second-order valence-corrected chi connectivity index (χ2v) is 7.25. The number of carbonyl (C=O) groups excluding carboxylic acids is 1. The van der Waals surface area contributed by atoms with Gasteiger partial charge in [0.2, 0.25) is 0 Å². The zero-order chi connectivity index (χ0) is 19.9. The second kappa shape index (κ2) is 9.39. The van der Waals surface area contributed by atoms with Crippen LogP contribution in [-0.4, -0.2) is 29.8 Å². The first-order valence-electron chi connectivity index (χ1n) is 9.08. The highest BCUT2D eigenvalue weighted by atomic mass is 19.1. The number of benzene rings is 1. The summed E-state index contributed by atoms with van der Waals surface area (Å²) in [5, 5.41) is 2.50. The first-order valence-corrected chi connectivity index (χ1v) is 9.08. The Morgan fingerprint density at radius 2 is 2.15 bits per heavy atom. The molecule has 0 fully saturated rings. The molecule has 0 unspecified atom stereocenters. The Hall–Kier alpha value is -2.57. The number of alkyl carbamates (subject to hydrolysis) is 1. The lowest BCUT2D eigenvalue weighted by Crippen LogP contribution is -2.34. The largest absolute Gasteiger partial charge is 0.489 e. The Balaban J connectivity index is 1.89. The molecule has 1 aromatic heterocycles. The van der Waals surface area contributed by atoms with Gasteiger partial charge in [-0.15, -0.1) is 0 Å². The SMILES string of the molecule is CCCCc1nc2cc(OC/C(=C\F)CNC(=O)OC(C)(C)C)ccc2o1. The normalized spacial score (nSPS) is 12.3. The zero-order valence-electron chi connectivity index (χ0n) is 16.3. The average Bonchev–Trinajstić information content (AvgIpc) is 3.00. The third kappa shape index (κ3) is 6.92. The topological polar surface area (TPSA) is 73.6 Å². The maximum absolute atomic E-state index is 13.1. The van der Waals surface area contributed by atoms with Crippen LogP contribution in [0.4, 0.5) is 9.18 Å². The summed E-state index contributed by atoms with van der Waals surface area (Å²) in [7, 11) is 0. The lowest BCUT2D eigenvalue weighted by atomic mass is 10.2. The molecule has 0 aliphatic rings. The molecule has 1 aromatic carbocycles. The summed E-state index contributed by atoms with van der Waals surface area (Å²) in [5.74, 6) is 1.25. The van der Waals surface area contributed by atoms with E-state index in [9.17, 15) is 9.18 Å². The van der Waals surface area contributed by atoms with Crippen molar-refractivity contribution < 1.29 is 23.1 Å². The van der Waals surface area contributed by atoms with E-state index in [4.69, 9.17) is 13.9 Å². The van der Waals surface area contributed by atoms with E-state index in [0.29, 0.717) is 29.1 Å². The van der Waals surface area contributed by atoms with Gasteiger partial charge in [-0.1, -0.05) is 13.3 Å². The summed E-state index contributed by atoms with van der Waals surface area (Å²) in [4.78, 5) is 16.1. The fraction of sp³-hybridized carbons (Fsp3) is 0.500. The Kier molecular flexibility index (Phi) is 7.21. The molecule has 0 radical (unpaired) electrons. The highest BCUT2D eigenvalue weighted by molar-refractivity contribution is 5.74. The molecule has 0 aliphatic heterocycles. The lowest BCUT2D eigenvalue weighted by Gasteiger charge is -2.20. The Morgan fingerprint density at radius 3 is 2.81 bits per heavy atom. The number of amides is 1. The van der Waals surface area contributed by atoms with Gasteiger partial charge in [-0.05, 0) is 39.3 Å². The van der Waals surface area contributed by atoms with Gasteiger partial charge in [-0.25, -0.2) is 14.2 Å². The highest BCUT2D eigenvalue weighted by Gasteiger charge is 2.16. The van der Waals surface area contributed by atoms with Gasteiger partial charge in [-0.2, -0.15) is 0 Å². The molecule has 7 heteroatoms. The fourth-order valence-corrected chi connectivity index (χ4v) is 2.28. The van der Waals surface area contributed by atoms with E-state index in [-0.39, 0.29) is 18.7 Å². The number of hydrogen-bond donors (Lipinski definition) is 1. The van der Waals surface area contributed by atoms with Gasteiger partial charge in [0.15, 0.2) is 11.5 Å². The number of rotatable bonds is 8. The summed E-state index contributed by atoms with van der Waals surface area (Å²) >= 11 is 0. The number of aromatic nitrogens is 1. The number of aryl methyl sites for hydroxylation is 1. The molecule has 0 spiro atoms. The van der Waals surface area contributed by atoms with E-state index < -0.39 is 11.7 Å². The molecular formula is C20H27FN2O4. The minimum Gasteiger partial charge on any atom is -0.489 e. The van der Waals surface area contributed by atoms with E-state index in [2.05, 4.69) is 17.2 Å². The number of ether oxygens (including phenoxy) is 2. The predicted octanol–water partition coefficient (Wildman–Crippen LogP) is 4.93. The van der Waals surface area contributed by atoms with Gasteiger partial charge in [0.25, 0.3) is 0 Å². The maximum Gasteiger partial charge on any atom is 0.407 e. The van der Waals surface area contributed by atoms with Crippen LogP contribution >= 0.6 is 0 Å². The zero-order valence-corrected chi connectivity index (χ0v) is 16.3. The molecule has 148 valence electrons. The summed E-state index contributed by atoms with van der Waals surface area (Å²) in [6.45, 7) is 7.39. The fourth-order valence-electron chi connectivity index (χ4n) is 2.28. The summed E-state index contributed by atoms with van der Waals surface area (Å²) in [6.07, 6.45) is 2.71. The number of hydrogen-bond acceptors (Lipinski definition) is 5. The number of carbonyl (C=O) groups is 1. The summed E-state index contributed by atoms with van der Waals surface area (Å²) < 4.78 is 29.5. The van der Waals surface area contributed by atoms with Crippen LogP contribution in [0.3, 0.4) is 0 Å². The summed E-state index contributed by atoms with van der Waals surface area (Å²) in [5.41, 5.74) is 1.07. The number of halogens is 1. The molecule has 1 amide bonds. The number of nitrogens with one attached hydrogen (secondary N) is 1. The van der Waals surface area contributed by atoms with Gasteiger partial charge < -0.3 is 19.2 Å². The Labute approximate surface area is 158 Å². The third-order valence-corrected chi connectivity index (χ3v) is 3.58. The Morgan fingerprint density at radius 1 is 1.37 bits per heavy atom. The monoisotopic (exact) mass is 378 g/mol. The van der Waals surface area contributed by atoms with Crippen LogP contribution in [0, 0.1) is 0 Å². The molecule has 0 atom stereocenters. The molecule has 1 N–H and O–H groups in total.